The Bertz CT molecular complexity index is 935. The molecule has 3 rings (SSSR count). The lowest BCUT2D eigenvalue weighted by molar-refractivity contribution is -0.137. The second kappa shape index (κ2) is 7.58. The summed E-state index contributed by atoms with van der Waals surface area (Å²) in [5.41, 5.74) is -1.59. The van der Waals surface area contributed by atoms with Gasteiger partial charge in [0.1, 0.15) is 4.21 Å². The molecule has 1 amide bonds. The Morgan fingerprint density at radius 2 is 1.78 bits per heavy atom. The van der Waals surface area contributed by atoms with Crippen LogP contribution in [0.15, 0.2) is 40.6 Å². The second-order valence-electron chi connectivity index (χ2n) is 5.63. The Hall–Kier alpha value is -1.95. The molecule has 1 fully saturated rings. The van der Waals surface area contributed by atoms with Gasteiger partial charge in [-0.15, -0.1) is 11.3 Å². The molecule has 146 valence electrons. The Morgan fingerprint density at radius 1 is 1.11 bits per heavy atom. The fourth-order valence-electron chi connectivity index (χ4n) is 2.55. The monoisotopic (exact) mass is 420 g/mol. The molecule has 1 saturated heterocycles. The summed E-state index contributed by atoms with van der Waals surface area (Å²) in [5, 5.41) is 2.48. The molecular weight excluding hydrogens is 405 g/mol. The number of sulfonamides is 1. The van der Waals surface area contributed by atoms with Gasteiger partial charge in [0.2, 0.25) is 0 Å². The van der Waals surface area contributed by atoms with Crippen LogP contribution in [0.5, 0.6) is 0 Å². The Balaban J connectivity index is 1.80. The highest BCUT2D eigenvalue weighted by atomic mass is 32.2. The fraction of sp³-hybridized carbons (Fsp3) is 0.312. The smallest absolute Gasteiger partial charge is 0.379 e. The molecule has 27 heavy (non-hydrogen) atoms. The van der Waals surface area contributed by atoms with E-state index >= 15 is 0 Å². The normalized spacial score (nSPS) is 16.3. The highest BCUT2D eigenvalue weighted by molar-refractivity contribution is 7.91. The summed E-state index contributed by atoms with van der Waals surface area (Å²) in [6.07, 6.45) is -4.67. The number of benzene rings is 1. The summed E-state index contributed by atoms with van der Waals surface area (Å²) < 4.78 is 70.6. The number of amides is 1. The number of anilines is 1. The standard InChI is InChI=1S/C16H15F3N2O4S2/c17-16(18,19)12-4-2-1-3-11(12)15(22)20-13-5-6-14(26-13)27(23,24)21-7-9-25-10-8-21/h1-6H,7-10H2,(H,20,22). The topological polar surface area (TPSA) is 75.7 Å². The third kappa shape index (κ3) is 4.32. The number of ether oxygens (including phenoxy) is 1. The van der Waals surface area contributed by atoms with E-state index in [0.29, 0.717) is 13.2 Å². The van der Waals surface area contributed by atoms with Crippen molar-refractivity contribution in [2.24, 2.45) is 0 Å². The maximum atomic E-state index is 13.0. The zero-order chi connectivity index (χ0) is 19.7. The number of rotatable bonds is 4. The lowest BCUT2D eigenvalue weighted by Crippen LogP contribution is -2.40. The number of morpholine rings is 1. The molecule has 2 heterocycles. The summed E-state index contributed by atoms with van der Waals surface area (Å²) in [6.45, 7) is 1.03. The maximum absolute atomic E-state index is 13.0. The predicted octanol–water partition coefficient (Wildman–Crippen LogP) is 3.04. The Kier molecular flexibility index (Phi) is 5.56. The van der Waals surface area contributed by atoms with Crippen molar-refractivity contribution in [2.45, 2.75) is 10.4 Å². The van der Waals surface area contributed by atoms with Gasteiger partial charge in [0.05, 0.1) is 29.3 Å². The first-order valence-corrected chi connectivity index (χ1v) is 10.1. The van der Waals surface area contributed by atoms with Crippen LogP contribution in [0.2, 0.25) is 0 Å². The van der Waals surface area contributed by atoms with Gasteiger partial charge < -0.3 is 10.1 Å². The van der Waals surface area contributed by atoms with Crippen LogP contribution in [-0.2, 0) is 20.9 Å². The molecule has 1 N–H and O–H groups in total. The molecule has 0 spiro atoms. The lowest BCUT2D eigenvalue weighted by Gasteiger charge is -2.25. The summed E-state index contributed by atoms with van der Waals surface area (Å²) >= 11 is 0.786. The van der Waals surface area contributed by atoms with Gasteiger partial charge in [0.15, 0.2) is 0 Å². The van der Waals surface area contributed by atoms with Crippen LogP contribution in [-0.4, -0.2) is 44.9 Å². The fourth-order valence-corrected chi connectivity index (χ4v) is 5.31. The molecule has 0 bridgehead atoms. The molecule has 1 aromatic heterocycles. The number of nitrogens with zero attached hydrogens (tertiary/aromatic N) is 1. The van der Waals surface area contributed by atoms with Crippen molar-refractivity contribution in [3.05, 3.63) is 47.5 Å². The quantitative estimate of drug-likeness (QED) is 0.825. The summed E-state index contributed by atoms with van der Waals surface area (Å²) in [5.74, 6) is -0.958. The van der Waals surface area contributed by atoms with Crippen LogP contribution in [0.1, 0.15) is 15.9 Å². The van der Waals surface area contributed by atoms with E-state index in [2.05, 4.69) is 5.32 Å². The molecule has 0 atom stereocenters. The highest BCUT2D eigenvalue weighted by Crippen LogP contribution is 2.33. The molecule has 1 aromatic carbocycles. The van der Waals surface area contributed by atoms with E-state index in [1.807, 2.05) is 0 Å². The molecule has 11 heteroatoms. The van der Waals surface area contributed by atoms with Crippen molar-refractivity contribution in [1.29, 1.82) is 0 Å². The van der Waals surface area contributed by atoms with Crippen molar-refractivity contribution in [1.82, 2.24) is 4.31 Å². The number of thiophene rings is 1. The lowest BCUT2D eigenvalue weighted by atomic mass is 10.1. The molecular formula is C16H15F3N2O4S2. The average molecular weight is 420 g/mol. The Morgan fingerprint density at radius 3 is 2.44 bits per heavy atom. The van der Waals surface area contributed by atoms with E-state index in [4.69, 9.17) is 4.74 Å². The summed E-state index contributed by atoms with van der Waals surface area (Å²) in [7, 11) is -3.73. The summed E-state index contributed by atoms with van der Waals surface area (Å²) in [4.78, 5) is 12.3. The van der Waals surface area contributed by atoms with Gasteiger partial charge in [-0.05, 0) is 24.3 Å². The first-order chi connectivity index (χ1) is 12.7. The Labute approximate surface area is 157 Å². The van der Waals surface area contributed by atoms with Crippen LogP contribution < -0.4 is 5.32 Å². The van der Waals surface area contributed by atoms with Gasteiger partial charge >= 0.3 is 6.18 Å². The summed E-state index contributed by atoms with van der Waals surface area (Å²) in [6, 6.07) is 7.08. The molecule has 1 aliphatic rings. The van der Waals surface area contributed by atoms with E-state index in [1.54, 1.807) is 0 Å². The first-order valence-electron chi connectivity index (χ1n) is 7.85. The molecule has 0 radical (unpaired) electrons. The largest absolute Gasteiger partial charge is 0.417 e. The van der Waals surface area contributed by atoms with Crippen molar-refractivity contribution in [3.8, 4) is 0 Å². The molecule has 1 aliphatic heterocycles. The van der Waals surface area contributed by atoms with Crippen molar-refractivity contribution < 1.29 is 31.1 Å². The SMILES string of the molecule is O=C(Nc1ccc(S(=O)(=O)N2CCOCC2)s1)c1ccccc1C(F)(F)F. The van der Waals surface area contributed by atoms with E-state index in [1.165, 1.54) is 28.6 Å². The van der Waals surface area contributed by atoms with Gasteiger partial charge in [0.25, 0.3) is 15.9 Å². The number of carbonyl (C=O) groups excluding carboxylic acids is 1. The number of halogens is 3. The van der Waals surface area contributed by atoms with Gasteiger partial charge in [0, 0.05) is 13.1 Å². The minimum atomic E-state index is -4.67. The number of alkyl halides is 3. The van der Waals surface area contributed by atoms with Gasteiger partial charge in [-0.3, -0.25) is 4.79 Å². The van der Waals surface area contributed by atoms with Gasteiger partial charge in [-0.2, -0.15) is 17.5 Å². The van der Waals surface area contributed by atoms with E-state index in [9.17, 15) is 26.4 Å². The van der Waals surface area contributed by atoms with Crippen LogP contribution in [0.3, 0.4) is 0 Å². The van der Waals surface area contributed by atoms with E-state index in [0.717, 1.165) is 23.5 Å². The third-order valence-electron chi connectivity index (χ3n) is 3.86. The number of nitrogens with one attached hydrogen (secondary N) is 1. The molecule has 0 saturated carbocycles. The van der Waals surface area contributed by atoms with Crippen LogP contribution in [0, 0.1) is 0 Å². The van der Waals surface area contributed by atoms with E-state index in [-0.39, 0.29) is 22.3 Å². The molecule has 0 unspecified atom stereocenters. The van der Waals surface area contributed by atoms with Crippen molar-refractivity contribution in [3.63, 3.8) is 0 Å². The van der Waals surface area contributed by atoms with Gasteiger partial charge in [-0.25, -0.2) is 8.42 Å². The zero-order valence-electron chi connectivity index (χ0n) is 13.8. The third-order valence-corrected chi connectivity index (χ3v) is 7.23. The minimum Gasteiger partial charge on any atom is -0.379 e. The van der Waals surface area contributed by atoms with Crippen molar-refractivity contribution >= 4 is 32.3 Å². The number of hydrogen-bond donors (Lipinski definition) is 1. The first kappa shape index (κ1) is 19.8. The van der Waals surface area contributed by atoms with E-state index < -0.39 is 33.2 Å². The predicted molar refractivity (Wildman–Crippen MR) is 93.3 cm³/mol. The molecule has 0 aliphatic carbocycles. The van der Waals surface area contributed by atoms with Gasteiger partial charge in [-0.1, -0.05) is 12.1 Å². The van der Waals surface area contributed by atoms with Crippen LogP contribution >= 0.6 is 11.3 Å². The maximum Gasteiger partial charge on any atom is 0.417 e. The second-order valence-corrected chi connectivity index (χ2v) is 8.88. The average Bonchev–Trinajstić information content (AvgIpc) is 3.11. The van der Waals surface area contributed by atoms with Crippen LogP contribution in [0.25, 0.3) is 0 Å². The highest BCUT2D eigenvalue weighted by Gasteiger charge is 2.35. The molecule has 6 nitrogen and oxygen atoms in total. The number of hydrogen-bond acceptors (Lipinski definition) is 5. The van der Waals surface area contributed by atoms with Crippen LogP contribution in [0.4, 0.5) is 18.2 Å². The zero-order valence-corrected chi connectivity index (χ0v) is 15.5. The van der Waals surface area contributed by atoms with Crippen molar-refractivity contribution in [2.75, 3.05) is 31.6 Å². The number of carbonyl (C=O) groups is 1. The minimum absolute atomic E-state index is 0.00352. The molecule has 2 aromatic rings.